The van der Waals surface area contributed by atoms with Gasteiger partial charge in [0.25, 0.3) is 0 Å². The monoisotopic (exact) mass is 415 g/mol. The van der Waals surface area contributed by atoms with E-state index in [9.17, 15) is 0 Å². The Labute approximate surface area is 145 Å². The summed E-state index contributed by atoms with van der Waals surface area (Å²) in [5.41, 5.74) is 0. The van der Waals surface area contributed by atoms with Gasteiger partial charge in [-0.1, -0.05) is 0 Å². The second-order valence-corrected chi connectivity index (χ2v) is 6.09. The molecule has 0 radical (unpaired) electrons. The molecule has 0 spiro atoms. The first-order chi connectivity index (χ1) is 9.36. The lowest BCUT2D eigenvalue weighted by Gasteiger charge is -2.12. The average molecular weight is 415 g/mol. The van der Waals surface area contributed by atoms with Crippen LogP contribution in [-0.2, 0) is 4.74 Å². The summed E-state index contributed by atoms with van der Waals surface area (Å²) in [5.74, 6) is 2.27. The maximum atomic E-state index is 5.33. The Morgan fingerprint density at radius 2 is 2.15 bits per heavy atom. The largest absolute Gasteiger partial charge is 0.382 e. The molecule has 0 bridgehead atoms. The van der Waals surface area contributed by atoms with Crippen molar-refractivity contribution >= 4 is 41.7 Å². The van der Waals surface area contributed by atoms with Crippen LogP contribution < -0.4 is 10.6 Å². The number of ether oxygens (including phenoxy) is 1. The summed E-state index contributed by atoms with van der Waals surface area (Å²) < 4.78 is 5.33. The highest BCUT2D eigenvalue weighted by molar-refractivity contribution is 14.0. The molecule has 0 saturated carbocycles. The lowest BCUT2D eigenvalue weighted by Crippen LogP contribution is -2.38. The van der Waals surface area contributed by atoms with Crippen LogP contribution in [0.4, 0.5) is 0 Å². The van der Waals surface area contributed by atoms with Crippen molar-refractivity contribution in [1.82, 2.24) is 10.6 Å². The van der Waals surface area contributed by atoms with Gasteiger partial charge < -0.3 is 15.4 Å². The Hall–Kier alpha value is 0.310. The van der Waals surface area contributed by atoms with Gasteiger partial charge in [-0.05, 0) is 45.3 Å². The molecule has 0 aromatic rings. The molecular weight excluding hydrogens is 385 g/mol. The number of nitrogens with one attached hydrogen (secondary N) is 2. The molecule has 1 aliphatic heterocycles. The molecule has 20 heavy (non-hydrogen) atoms. The summed E-state index contributed by atoms with van der Waals surface area (Å²) in [4.78, 5) is 4.67. The van der Waals surface area contributed by atoms with E-state index in [0.717, 1.165) is 56.9 Å². The molecule has 0 aromatic carbocycles. The molecule has 2 N–H and O–H groups in total. The first-order valence-electron chi connectivity index (χ1n) is 7.58. The molecule has 4 nitrogen and oxygen atoms in total. The van der Waals surface area contributed by atoms with Gasteiger partial charge in [-0.25, -0.2) is 0 Å². The first kappa shape index (κ1) is 20.3. The minimum Gasteiger partial charge on any atom is -0.382 e. The van der Waals surface area contributed by atoms with Gasteiger partial charge in [0, 0.05) is 31.6 Å². The van der Waals surface area contributed by atoms with Crippen molar-refractivity contribution in [3.05, 3.63) is 0 Å². The molecule has 1 rings (SSSR count). The maximum Gasteiger partial charge on any atom is 0.191 e. The number of nitrogens with zero attached hydrogens (tertiary/aromatic N) is 1. The predicted molar refractivity (Wildman–Crippen MR) is 101 cm³/mol. The highest BCUT2D eigenvalue weighted by Gasteiger charge is 2.14. The first-order valence-corrected chi connectivity index (χ1v) is 8.63. The standard InChI is InChI=1S/C14H29N3OS.HI/c1-3-15-14(16-9-5-6-10-18-4-2)17-12-13-8-7-11-19-13;/h13H,3-12H2,1-2H3,(H2,15,16,17);1H. The fraction of sp³-hybridized carbons (Fsp3) is 0.929. The van der Waals surface area contributed by atoms with Gasteiger partial charge in [-0.15, -0.1) is 24.0 Å². The molecule has 0 amide bonds. The van der Waals surface area contributed by atoms with E-state index in [1.165, 1.54) is 18.6 Å². The molecular formula is C14H30IN3OS. The summed E-state index contributed by atoms with van der Waals surface area (Å²) in [7, 11) is 0. The van der Waals surface area contributed by atoms with Crippen LogP contribution >= 0.6 is 35.7 Å². The van der Waals surface area contributed by atoms with E-state index in [4.69, 9.17) is 4.74 Å². The number of hydrogen-bond acceptors (Lipinski definition) is 3. The van der Waals surface area contributed by atoms with Crippen molar-refractivity contribution in [2.45, 2.75) is 44.8 Å². The molecule has 1 saturated heterocycles. The third-order valence-corrected chi connectivity index (χ3v) is 4.41. The van der Waals surface area contributed by atoms with Gasteiger partial charge >= 0.3 is 0 Å². The average Bonchev–Trinajstić information content (AvgIpc) is 2.93. The Bertz CT molecular complexity index is 249. The number of guanidine groups is 1. The maximum absolute atomic E-state index is 5.33. The number of unbranched alkanes of at least 4 members (excludes halogenated alkanes) is 1. The van der Waals surface area contributed by atoms with Crippen molar-refractivity contribution in [1.29, 1.82) is 0 Å². The summed E-state index contributed by atoms with van der Waals surface area (Å²) in [6, 6.07) is 0. The fourth-order valence-corrected chi connectivity index (χ4v) is 3.18. The van der Waals surface area contributed by atoms with Crippen LogP contribution in [0.2, 0.25) is 0 Å². The Morgan fingerprint density at radius 3 is 2.80 bits per heavy atom. The zero-order chi connectivity index (χ0) is 13.8. The van der Waals surface area contributed by atoms with Crippen LogP contribution in [0.25, 0.3) is 0 Å². The molecule has 1 aliphatic rings. The molecule has 1 atom stereocenters. The van der Waals surface area contributed by atoms with Gasteiger partial charge in [0.05, 0.1) is 6.54 Å². The summed E-state index contributed by atoms with van der Waals surface area (Å²) in [6.45, 7) is 8.66. The van der Waals surface area contributed by atoms with Crippen molar-refractivity contribution < 1.29 is 4.74 Å². The van der Waals surface area contributed by atoms with E-state index in [1.54, 1.807) is 0 Å². The van der Waals surface area contributed by atoms with Crippen LogP contribution in [0.5, 0.6) is 0 Å². The van der Waals surface area contributed by atoms with E-state index in [0.29, 0.717) is 0 Å². The smallest absolute Gasteiger partial charge is 0.191 e. The molecule has 6 heteroatoms. The summed E-state index contributed by atoms with van der Waals surface area (Å²) >= 11 is 2.06. The number of hydrogen-bond donors (Lipinski definition) is 2. The minimum atomic E-state index is 0. The Balaban J connectivity index is 0.00000361. The predicted octanol–water partition coefficient (Wildman–Crippen LogP) is 2.87. The second-order valence-electron chi connectivity index (χ2n) is 4.69. The third kappa shape index (κ3) is 10.1. The van der Waals surface area contributed by atoms with Crippen molar-refractivity contribution in [2.75, 3.05) is 38.6 Å². The summed E-state index contributed by atoms with van der Waals surface area (Å²) in [5, 5.41) is 7.43. The minimum absolute atomic E-state index is 0. The Kier molecular flexibility index (Phi) is 14.5. The van der Waals surface area contributed by atoms with Gasteiger partial charge in [-0.3, -0.25) is 4.99 Å². The number of thioether (sulfide) groups is 1. The van der Waals surface area contributed by atoms with E-state index < -0.39 is 0 Å². The van der Waals surface area contributed by atoms with Crippen molar-refractivity contribution in [2.24, 2.45) is 4.99 Å². The van der Waals surface area contributed by atoms with Crippen LogP contribution in [0.1, 0.15) is 39.5 Å². The van der Waals surface area contributed by atoms with E-state index in [1.807, 2.05) is 6.92 Å². The zero-order valence-corrected chi connectivity index (χ0v) is 16.0. The van der Waals surface area contributed by atoms with Crippen LogP contribution in [0.15, 0.2) is 4.99 Å². The highest BCUT2D eigenvalue weighted by atomic mass is 127. The van der Waals surface area contributed by atoms with Gasteiger partial charge in [0.15, 0.2) is 5.96 Å². The van der Waals surface area contributed by atoms with Crippen LogP contribution in [0, 0.1) is 0 Å². The van der Waals surface area contributed by atoms with E-state index >= 15 is 0 Å². The topological polar surface area (TPSA) is 45.7 Å². The van der Waals surface area contributed by atoms with Crippen LogP contribution in [-0.4, -0.2) is 49.8 Å². The molecule has 0 aliphatic carbocycles. The molecule has 1 heterocycles. The zero-order valence-electron chi connectivity index (χ0n) is 12.8. The molecule has 1 fully saturated rings. The quantitative estimate of drug-likeness (QED) is 0.263. The van der Waals surface area contributed by atoms with Crippen molar-refractivity contribution in [3.8, 4) is 0 Å². The normalized spacial score (nSPS) is 18.7. The van der Waals surface area contributed by atoms with Crippen LogP contribution in [0.3, 0.4) is 0 Å². The highest BCUT2D eigenvalue weighted by Crippen LogP contribution is 2.25. The molecule has 120 valence electrons. The number of halogens is 1. The van der Waals surface area contributed by atoms with E-state index in [-0.39, 0.29) is 24.0 Å². The lowest BCUT2D eigenvalue weighted by molar-refractivity contribution is 0.143. The van der Waals surface area contributed by atoms with Gasteiger partial charge in [0.1, 0.15) is 0 Å². The molecule has 1 unspecified atom stereocenters. The van der Waals surface area contributed by atoms with E-state index in [2.05, 4.69) is 34.3 Å². The fourth-order valence-electron chi connectivity index (χ4n) is 2.00. The second kappa shape index (κ2) is 14.3. The van der Waals surface area contributed by atoms with Crippen molar-refractivity contribution in [3.63, 3.8) is 0 Å². The number of rotatable bonds is 9. The lowest BCUT2D eigenvalue weighted by atomic mass is 10.2. The molecule has 0 aromatic heterocycles. The SMILES string of the molecule is CCNC(=NCC1CCCS1)NCCCCOCC.I. The third-order valence-electron chi connectivity index (χ3n) is 3.03. The summed E-state index contributed by atoms with van der Waals surface area (Å²) in [6.07, 6.45) is 4.91. The number of aliphatic imine (C=N–C) groups is 1. The van der Waals surface area contributed by atoms with Gasteiger partial charge in [0.2, 0.25) is 0 Å². The van der Waals surface area contributed by atoms with Gasteiger partial charge in [-0.2, -0.15) is 11.8 Å². The Morgan fingerprint density at radius 1 is 1.30 bits per heavy atom.